The van der Waals surface area contributed by atoms with Crippen molar-refractivity contribution in [2.75, 3.05) is 18.0 Å². The van der Waals surface area contributed by atoms with Crippen LogP contribution in [0.3, 0.4) is 0 Å². The van der Waals surface area contributed by atoms with Gasteiger partial charge in [0.25, 0.3) is 0 Å². The monoisotopic (exact) mass is 218 g/mol. The number of nitrogens with zero attached hydrogens (tertiary/aromatic N) is 2. The third kappa shape index (κ3) is 2.01. The number of anilines is 1. The average Bonchev–Trinajstić information content (AvgIpc) is 2.77. The van der Waals surface area contributed by atoms with Crippen molar-refractivity contribution >= 4 is 11.7 Å². The van der Waals surface area contributed by atoms with Crippen LogP contribution in [0.15, 0.2) is 18.3 Å². The summed E-state index contributed by atoms with van der Waals surface area (Å²) in [4.78, 5) is 6.60. The van der Waals surface area contributed by atoms with Crippen LogP contribution in [-0.2, 0) is 0 Å². The van der Waals surface area contributed by atoms with E-state index in [1.165, 1.54) is 12.8 Å². The first kappa shape index (κ1) is 10.9. The number of amidine groups is 1. The SMILES string of the molecule is CCC1CCN(c2ncccc2C(=N)N)C1. The lowest BCUT2D eigenvalue weighted by Gasteiger charge is -2.19. The Balaban J connectivity index is 2.24. The minimum Gasteiger partial charge on any atom is -0.384 e. The number of hydrogen-bond donors (Lipinski definition) is 2. The third-order valence-corrected chi connectivity index (χ3v) is 3.24. The molecule has 86 valence electrons. The molecule has 2 rings (SSSR count). The van der Waals surface area contributed by atoms with E-state index in [1.54, 1.807) is 6.20 Å². The fourth-order valence-corrected chi connectivity index (χ4v) is 2.22. The van der Waals surface area contributed by atoms with Crippen molar-refractivity contribution in [3.8, 4) is 0 Å². The van der Waals surface area contributed by atoms with Gasteiger partial charge in [0, 0.05) is 19.3 Å². The molecule has 1 aliphatic heterocycles. The summed E-state index contributed by atoms with van der Waals surface area (Å²) >= 11 is 0. The average molecular weight is 218 g/mol. The van der Waals surface area contributed by atoms with Gasteiger partial charge in [0.2, 0.25) is 0 Å². The van der Waals surface area contributed by atoms with Crippen LogP contribution in [0.1, 0.15) is 25.3 Å². The number of pyridine rings is 1. The molecule has 1 unspecified atom stereocenters. The molecule has 0 aromatic carbocycles. The number of aromatic nitrogens is 1. The molecule has 1 aromatic heterocycles. The van der Waals surface area contributed by atoms with Crippen LogP contribution in [0, 0.1) is 11.3 Å². The summed E-state index contributed by atoms with van der Waals surface area (Å²) in [6.45, 7) is 4.28. The van der Waals surface area contributed by atoms with Gasteiger partial charge in [-0.2, -0.15) is 0 Å². The van der Waals surface area contributed by atoms with Crippen molar-refractivity contribution < 1.29 is 0 Å². The van der Waals surface area contributed by atoms with E-state index in [0.29, 0.717) is 0 Å². The van der Waals surface area contributed by atoms with Gasteiger partial charge >= 0.3 is 0 Å². The molecule has 0 bridgehead atoms. The van der Waals surface area contributed by atoms with Crippen molar-refractivity contribution in [2.24, 2.45) is 11.7 Å². The Morgan fingerprint density at radius 2 is 2.50 bits per heavy atom. The van der Waals surface area contributed by atoms with E-state index < -0.39 is 0 Å². The van der Waals surface area contributed by atoms with E-state index in [4.69, 9.17) is 11.1 Å². The van der Waals surface area contributed by atoms with Crippen molar-refractivity contribution in [3.63, 3.8) is 0 Å². The zero-order chi connectivity index (χ0) is 11.5. The van der Waals surface area contributed by atoms with E-state index >= 15 is 0 Å². The Kier molecular flexibility index (Phi) is 3.08. The first-order valence-corrected chi connectivity index (χ1v) is 5.76. The second-order valence-electron chi connectivity index (χ2n) is 4.30. The lowest BCUT2D eigenvalue weighted by molar-refractivity contribution is 0.568. The standard InChI is InChI=1S/C12H18N4/c1-2-9-5-7-16(8-9)12-10(11(13)14)4-3-6-15-12/h3-4,6,9H,2,5,7-8H2,1H3,(H3,13,14). The highest BCUT2D eigenvalue weighted by atomic mass is 15.2. The van der Waals surface area contributed by atoms with Crippen molar-refractivity contribution in [2.45, 2.75) is 19.8 Å². The maximum absolute atomic E-state index is 7.55. The molecule has 4 nitrogen and oxygen atoms in total. The summed E-state index contributed by atoms with van der Waals surface area (Å²) in [5.41, 5.74) is 6.32. The van der Waals surface area contributed by atoms with Crippen LogP contribution in [0.4, 0.5) is 5.82 Å². The predicted octanol–water partition coefficient (Wildman–Crippen LogP) is 1.60. The minimum atomic E-state index is 0.100. The van der Waals surface area contributed by atoms with Gasteiger partial charge in [0.15, 0.2) is 0 Å². The fraction of sp³-hybridized carbons (Fsp3) is 0.500. The van der Waals surface area contributed by atoms with Gasteiger partial charge in [-0.3, -0.25) is 5.41 Å². The Morgan fingerprint density at radius 3 is 3.12 bits per heavy atom. The van der Waals surface area contributed by atoms with Gasteiger partial charge in [-0.25, -0.2) is 4.98 Å². The van der Waals surface area contributed by atoms with Crippen molar-refractivity contribution in [1.29, 1.82) is 5.41 Å². The molecular weight excluding hydrogens is 200 g/mol. The molecule has 1 atom stereocenters. The number of nitrogens with one attached hydrogen (secondary N) is 1. The maximum Gasteiger partial charge on any atom is 0.139 e. The minimum absolute atomic E-state index is 0.100. The molecule has 1 aromatic rings. The van der Waals surface area contributed by atoms with Gasteiger partial charge in [-0.15, -0.1) is 0 Å². The summed E-state index contributed by atoms with van der Waals surface area (Å²) in [6, 6.07) is 3.69. The largest absolute Gasteiger partial charge is 0.384 e. The molecule has 0 saturated carbocycles. The zero-order valence-electron chi connectivity index (χ0n) is 9.61. The lowest BCUT2D eigenvalue weighted by atomic mass is 10.1. The molecule has 1 fully saturated rings. The summed E-state index contributed by atoms with van der Waals surface area (Å²) in [6.07, 6.45) is 4.18. The predicted molar refractivity (Wildman–Crippen MR) is 65.9 cm³/mol. The number of rotatable bonds is 3. The summed E-state index contributed by atoms with van der Waals surface area (Å²) in [5.74, 6) is 1.72. The quantitative estimate of drug-likeness (QED) is 0.598. The van der Waals surface area contributed by atoms with Gasteiger partial charge in [-0.1, -0.05) is 13.3 Å². The van der Waals surface area contributed by atoms with Crippen LogP contribution in [-0.4, -0.2) is 23.9 Å². The molecule has 0 radical (unpaired) electrons. The van der Waals surface area contributed by atoms with Crippen molar-refractivity contribution in [3.05, 3.63) is 23.9 Å². The third-order valence-electron chi connectivity index (χ3n) is 3.24. The van der Waals surface area contributed by atoms with E-state index in [-0.39, 0.29) is 5.84 Å². The molecule has 4 heteroatoms. The zero-order valence-corrected chi connectivity index (χ0v) is 9.61. The van der Waals surface area contributed by atoms with Crippen molar-refractivity contribution in [1.82, 2.24) is 4.98 Å². The molecule has 0 spiro atoms. The molecule has 0 aliphatic carbocycles. The topological polar surface area (TPSA) is 66.0 Å². The molecule has 1 saturated heterocycles. The van der Waals surface area contributed by atoms with Crippen LogP contribution in [0.5, 0.6) is 0 Å². The first-order chi connectivity index (χ1) is 7.72. The highest BCUT2D eigenvalue weighted by Crippen LogP contribution is 2.26. The second-order valence-corrected chi connectivity index (χ2v) is 4.30. The van der Waals surface area contributed by atoms with Gasteiger partial charge in [0.05, 0.1) is 5.56 Å². The number of hydrogen-bond acceptors (Lipinski definition) is 3. The van der Waals surface area contributed by atoms with Crippen LogP contribution < -0.4 is 10.6 Å². The van der Waals surface area contributed by atoms with Gasteiger partial charge in [0.1, 0.15) is 11.7 Å². The van der Waals surface area contributed by atoms with Crippen LogP contribution >= 0.6 is 0 Å². The summed E-state index contributed by atoms with van der Waals surface area (Å²) in [5, 5.41) is 7.55. The Hall–Kier alpha value is -1.58. The summed E-state index contributed by atoms with van der Waals surface area (Å²) in [7, 11) is 0. The second kappa shape index (κ2) is 4.51. The Morgan fingerprint density at radius 1 is 1.69 bits per heavy atom. The summed E-state index contributed by atoms with van der Waals surface area (Å²) < 4.78 is 0. The molecule has 16 heavy (non-hydrogen) atoms. The lowest BCUT2D eigenvalue weighted by Crippen LogP contribution is -2.25. The van der Waals surface area contributed by atoms with Crippen LogP contribution in [0.2, 0.25) is 0 Å². The highest BCUT2D eigenvalue weighted by Gasteiger charge is 2.24. The molecule has 1 aliphatic rings. The van der Waals surface area contributed by atoms with Gasteiger partial charge < -0.3 is 10.6 Å². The van der Waals surface area contributed by atoms with E-state index in [9.17, 15) is 0 Å². The fourth-order valence-electron chi connectivity index (χ4n) is 2.22. The van der Waals surface area contributed by atoms with E-state index in [2.05, 4.69) is 16.8 Å². The molecule has 3 N–H and O–H groups in total. The highest BCUT2D eigenvalue weighted by molar-refractivity contribution is 5.99. The Bertz CT molecular complexity index is 388. The first-order valence-electron chi connectivity index (χ1n) is 5.76. The number of nitrogen functional groups attached to an aromatic ring is 1. The molecule has 0 amide bonds. The number of nitrogens with two attached hydrogens (primary N) is 1. The Labute approximate surface area is 96.0 Å². The maximum atomic E-state index is 7.55. The van der Waals surface area contributed by atoms with E-state index in [1.807, 2.05) is 12.1 Å². The van der Waals surface area contributed by atoms with E-state index in [0.717, 1.165) is 30.4 Å². The van der Waals surface area contributed by atoms with Gasteiger partial charge in [-0.05, 0) is 24.5 Å². The molecular formula is C12H18N4. The normalized spacial score (nSPS) is 20.1. The smallest absolute Gasteiger partial charge is 0.139 e. The van der Waals surface area contributed by atoms with Crippen LogP contribution in [0.25, 0.3) is 0 Å². The molecule has 2 heterocycles.